The molecule has 0 spiro atoms. The van der Waals surface area contributed by atoms with Crippen LogP contribution in [0.3, 0.4) is 0 Å². The number of fused-ring (bicyclic) bond motifs is 1. The van der Waals surface area contributed by atoms with E-state index >= 15 is 0 Å². The van der Waals surface area contributed by atoms with E-state index in [9.17, 15) is 18.7 Å². The molecule has 42 heavy (non-hydrogen) atoms. The van der Waals surface area contributed by atoms with Gasteiger partial charge >= 0.3 is 6.09 Å². The fourth-order valence-corrected chi connectivity index (χ4v) is 4.45. The number of nitrogens with zero attached hydrogens (tertiary/aromatic N) is 3. The molecule has 0 atom stereocenters. The molecule has 0 fully saturated rings. The Bertz CT molecular complexity index is 1770. The Balaban J connectivity index is 2.04. The molecular weight excluding hydrogens is 564 g/mol. The van der Waals surface area contributed by atoms with Gasteiger partial charge in [0.1, 0.15) is 28.5 Å². The fraction of sp³-hybridized carbons (Fsp3) is 0.258. The number of aliphatic hydroxyl groups is 1. The molecule has 218 valence electrons. The number of carbonyl (C=O) groups excluding carboxylic acids is 1. The van der Waals surface area contributed by atoms with Crippen LogP contribution >= 0.6 is 11.6 Å². The zero-order chi connectivity index (χ0) is 31.0. The first-order valence-electron chi connectivity index (χ1n) is 12.9. The second-order valence-electron chi connectivity index (χ2n) is 11.1. The number of amides is 1. The lowest BCUT2D eigenvalue weighted by Crippen LogP contribution is -2.32. The number of benzene rings is 2. The highest BCUT2D eigenvalue weighted by atomic mass is 35.5. The zero-order valence-corrected chi connectivity index (χ0v) is 24.7. The van der Waals surface area contributed by atoms with Crippen LogP contribution < -0.4 is 11.1 Å². The van der Waals surface area contributed by atoms with E-state index in [4.69, 9.17) is 27.1 Å². The zero-order valence-electron chi connectivity index (χ0n) is 23.9. The predicted octanol–water partition coefficient (Wildman–Crippen LogP) is 6.29. The molecule has 0 saturated heterocycles. The normalized spacial score (nSPS) is 12.2. The van der Waals surface area contributed by atoms with E-state index in [1.165, 1.54) is 19.9 Å². The minimum atomic E-state index is -1.30. The number of aryl methyl sites for hydroxylation is 1. The molecule has 1 amide bonds. The molecule has 4 aromatic rings. The van der Waals surface area contributed by atoms with Gasteiger partial charge in [-0.2, -0.15) is 5.10 Å². The third-order valence-corrected chi connectivity index (χ3v) is 6.05. The number of nitrogens with two attached hydrogens (primary N) is 1. The quantitative estimate of drug-likeness (QED) is 0.239. The van der Waals surface area contributed by atoms with E-state index in [0.717, 1.165) is 18.2 Å². The molecule has 0 aliphatic heterocycles. The van der Waals surface area contributed by atoms with Gasteiger partial charge in [0.15, 0.2) is 5.82 Å². The Morgan fingerprint density at radius 3 is 2.36 bits per heavy atom. The Kier molecular flexibility index (Phi) is 8.30. The Labute approximate surface area is 247 Å². The number of aromatic nitrogens is 3. The van der Waals surface area contributed by atoms with Crippen molar-refractivity contribution < 1.29 is 23.4 Å². The molecule has 4 rings (SSSR count). The first-order valence-corrected chi connectivity index (χ1v) is 13.2. The van der Waals surface area contributed by atoms with Crippen molar-refractivity contribution in [2.24, 2.45) is 7.05 Å². The number of carbonyl (C=O) groups is 1. The Morgan fingerprint density at radius 2 is 1.74 bits per heavy atom. The van der Waals surface area contributed by atoms with Crippen molar-refractivity contribution in [2.45, 2.75) is 45.8 Å². The largest absolute Gasteiger partial charge is 0.444 e. The monoisotopic (exact) mass is 593 g/mol. The number of anilines is 1. The molecule has 2 heterocycles. The molecule has 4 N–H and O–H groups in total. The molecule has 2 aromatic heterocycles. The number of nitrogens with one attached hydrogen (secondary N) is 1. The lowest BCUT2D eigenvalue weighted by molar-refractivity contribution is 0.0558. The first-order chi connectivity index (χ1) is 19.5. The van der Waals surface area contributed by atoms with Crippen LogP contribution in [0.5, 0.6) is 0 Å². The van der Waals surface area contributed by atoms with Gasteiger partial charge in [0, 0.05) is 24.2 Å². The fourth-order valence-electron chi connectivity index (χ4n) is 4.20. The van der Waals surface area contributed by atoms with Crippen molar-refractivity contribution in [1.82, 2.24) is 20.1 Å². The summed E-state index contributed by atoms with van der Waals surface area (Å²) >= 11 is 6.47. The van der Waals surface area contributed by atoms with Gasteiger partial charge < -0.3 is 15.6 Å². The number of hydrogen-bond donors (Lipinski definition) is 3. The maximum Gasteiger partial charge on any atom is 0.412 e. The highest BCUT2D eigenvalue weighted by Gasteiger charge is 2.23. The van der Waals surface area contributed by atoms with Crippen molar-refractivity contribution in [3.05, 3.63) is 76.1 Å². The average Bonchev–Trinajstić information content (AvgIpc) is 3.15. The van der Waals surface area contributed by atoms with Crippen molar-refractivity contribution in [3.63, 3.8) is 0 Å². The van der Waals surface area contributed by atoms with Crippen LogP contribution in [0.15, 0.2) is 42.5 Å². The number of pyridine rings is 1. The smallest absolute Gasteiger partial charge is 0.412 e. The van der Waals surface area contributed by atoms with Crippen LogP contribution in [0.4, 0.5) is 19.4 Å². The third-order valence-electron chi connectivity index (χ3n) is 5.73. The van der Waals surface area contributed by atoms with E-state index < -0.39 is 28.9 Å². The van der Waals surface area contributed by atoms with Gasteiger partial charge in [-0.3, -0.25) is 10.00 Å². The standard InChI is InChI=1S/C31H30ClF2N5O3/c1-30(2,3)42-29(40)37-24(15-17-13-18(33)16-19(34)14-17)26-21(8-7-20(36-26)11-12-31(4,5)41)22-9-10-23(32)25-27(22)39(6)38-28(25)35/h7-10,13-16,41H,1-6H3,(H2,35,38)(H,37,40)/b24-15-. The summed E-state index contributed by atoms with van der Waals surface area (Å²) in [5.41, 5.74) is 6.32. The second kappa shape index (κ2) is 11.4. The van der Waals surface area contributed by atoms with E-state index in [2.05, 4.69) is 22.3 Å². The summed E-state index contributed by atoms with van der Waals surface area (Å²) in [6.07, 6.45) is 0.553. The number of halogens is 3. The van der Waals surface area contributed by atoms with Crippen molar-refractivity contribution >= 4 is 46.2 Å². The highest BCUT2D eigenvalue weighted by Crippen LogP contribution is 2.38. The van der Waals surface area contributed by atoms with Crippen LogP contribution in [-0.4, -0.2) is 37.2 Å². The number of alkyl carbamates (subject to hydrolysis) is 1. The molecule has 8 nitrogen and oxygen atoms in total. The average molecular weight is 594 g/mol. The van der Waals surface area contributed by atoms with Gasteiger partial charge in [0.25, 0.3) is 0 Å². The number of ether oxygens (including phenoxy) is 1. The summed E-state index contributed by atoms with van der Waals surface area (Å²) in [6.45, 7) is 8.16. The summed E-state index contributed by atoms with van der Waals surface area (Å²) in [5.74, 6) is 4.16. The van der Waals surface area contributed by atoms with Crippen LogP contribution in [0.25, 0.3) is 33.8 Å². The van der Waals surface area contributed by atoms with Crippen molar-refractivity contribution in [3.8, 4) is 23.0 Å². The first kappa shape index (κ1) is 30.5. The van der Waals surface area contributed by atoms with Crippen molar-refractivity contribution in [1.29, 1.82) is 0 Å². The van der Waals surface area contributed by atoms with Gasteiger partial charge in [-0.05, 0) is 82.5 Å². The van der Waals surface area contributed by atoms with Gasteiger partial charge in [0.2, 0.25) is 0 Å². The highest BCUT2D eigenvalue weighted by molar-refractivity contribution is 6.37. The molecule has 11 heteroatoms. The van der Waals surface area contributed by atoms with Crippen LogP contribution in [0.1, 0.15) is 51.6 Å². The van der Waals surface area contributed by atoms with Gasteiger partial charge in [0.05, 0.1) is 27.3 Å². The number of hydrogen-bond acceptors (Lipinski definition) is 6. The minimum absolute atomic E-state index is 0.0643. The molecule has 0 aliphatic carbocycles. The molecule has 0 unspecified atom stereocenters. The molecule has 0 saturated carbocycles. The maximum absolute atomic E-state index is 14.2. The van der Waals surface area contributed by atoms with Crippen LogP contribution in [0.2, 0.25) is 5.02 Å². The third kappa shape index (κ3) is 7.24. The minimum Gasteiger partial charge on any atom is -0.444 e. The second-order valence-corrected chi connectivity index (χ2v) is 11.5. The van der Waals surface area contributed by atoms with E-state index in [1.807, 2.05) is 0 Å². The maximum atomic E-state index is 14.2. The van der Waals surface area contributed by atoms with Crippen LogP contribution in [-0.2, 0) is 11.8 Å². The summed E-state index contributed by atoms with van der Waals surface area (Å²) < 4.78 is 35.4. The number of rotatable bonds is 4. The van der Waals surface area contributed by atoms with Crippen LogP contribution in [0, 0.1) is 23.5 Å². The topological polar surface area (TPSA) is 115 Å². The number of nitrogen functional groups attached to an aromatic ring is 1. The molecular formula is C31H30ClF2N5O3. The predicted molar refractivity (Wildman–Crippen MR) is 160 cm³/mol. The van der Waals surface area contributed by atoms with Gasteiger partial charge in [-0.1, -0.05) is 23.6 Å². The van der Waals surface area contributed by atoms with Gasteiger partial charge in [-0.15, -0.1) is 0 Å². The lowest BCUT2D eigenvalue weighted by atomic mass is 9.98. The summed E-state index contributed by atoms with van der Waals surface area (Å²) in [7, 11) is 1.71. The lowest BCUT2D eigenvalue weighted by Gasteiger charge is -2.21. The Hall–Kier alpha value is -4.46. The van der Waals surface area contributed by atoms with Gasteiger partial charge in [-0.25, -0.2) is 18.6 Å². The van der Waals surface area contributed by atoms with E-state index in [1.54, 1.807) is 56.8 Å². The molecule has 0 radical (unpaired) electrons. The summed E-state index contributed by atoms with van der Waals surface area (Å²) in [4.78, 5) is 17.7. The van der Waals surface area contributed by atoms with E-state index in [-0.39, 0.29) is 28.5 Å². The van der Waals surface area contributed by atoms with Crippen molar-refractivity contribution in [2.75, 3.05) is 5.73 Å². The molecule has 0 aliphatic rings. The summed E-state index contributed by atoms with van der Waals surface area (Å²) in [6, 6.07) is 9.74. The van der Waals surface area contributed by atoms with E-state index in [0.29, 0.717) is 27.1 Å². The molecule has 0 bridgehead atoms. The molecule has 2 aromatic carbocycles. The Morgan fingerprint density at radius 1 is 1.10 bits per heavy atom. The SMILES string of the molecule is Cn1nc(N)c2c(Cl)ccc(-c3ccc(C#CC(C)(C)O)nc3/C(=C/c3cc(F)cc(F)c3)NC(=O)OC(C)(C)C)c21. The summed E-state index contributed by atoms with van der Waals surface area (Å²) in [5, 5.41) is 18.1.